The molecule has 0 saturated heterocycles. The third kappa shape index (κ3) is 3.09. The first kappa shape index (κ1) is 13.1. The van der Waals surface area contributed by atoms with E-state index >= 15 is 0 Å². The molecule has 0 unspecified atom stereocenters. The fraction of sp³-hybridized carbons (Fsp3) is 0.0769. The topological polar surface area (TPSA) is 42.0 Å². The van der Waals surface area contributed by atoms with Crippen molar-refractivity contribution in [3.8, 4) is 0 Å². The van der Waals surface area contributed by atoms with Gasteiger partial charge < -0.3 is 5.32 Å². The van der Waals surface area contributed by atoms with E-state index in [1.807, 2.05) is 13.0 Å². The van der Waals surface area contributed by atoms with Crippen molar-refractivity contribution in [2.24, 2.45) is 0 Å². The zero-order valence-electron chi connectivity index (χ0n) is 9.58. The number of hydrogen-bond donors (Lipinski definition) is 1. The number of carbonyl (C=O) groups is 1. The summed E-state index contributed by atoms with van der Waals surface area (Å²) in [7, 11) is 0. The van der Waals surface area contributed by atoms with Crippen molar-refractivity contribution in [3.63, 3.8) is 0 Å². The van der Waals surface area contributed by atoms with E-state index in [1.165, 1.54) is 0 Å². The fourth-order valence-corrected chi connectivity index (χ4v) is 2.26. The van der Waals surface area contributed by atoms with Crippen LogP contribution < -0.4 is 5.32 Å². The van der Waals surface area contributed by atoms with Crippen LogP contribution >= 0.6 is 27.5 Å². The Hall–Kier alpha value is -1.39. The Bertz CT molecular complexity index is 584. The van der Waals surface area contributed by atoms with Gasteiger partial charge >= 0.3 is 0 Å². The highest BCUT2D eigenvalue weighted by molar-refractivity contribution is 9.10. The molecule has 18 heavy (non-hydrogen) atoms. The lowest BCUT2D eigenvalue weighted by atomic mass is 10.2. The van der Waals surface area contributed by atoms with Crippen LogP contribution in [0.3, 0.4) is 0 Å². The van der Waals surface area contributed by atoms with Crippen LogP contribution in [0.25, 0.3) is 0 Å². The van der Waals surface area contributed by atoms with Gasteiger partial charge in [0, 0.05) is 15.7 Å². The highest BCUT2D eigenvalue weighted by Crippen LogP contribution is 2.22. The molecule has 2 rings (SSSR count). The summed E-state index contributed by atoms with van der Waals surface area (Å²) >= 11 is 9.13. The van der Waals surface area contributed by atoms with Gasteiger partial charge in [-0.15, -0.1) is 0 Å². The van der Waals surface area contributed by atoms with Crippen LogP contribution in [-0.2, 0) is 0 Å². The number of nitrogens with one attached hydrogen (secondary N) is 1. The van der Waals surface area contributed by atoms with E-state index in [0.29, 0.717) is 20.9 Å². The van der Waals surface area contributed by atoms with Crippen LogP contribution in [0, 0.1) is 6.92 Å². The second-order valence-electron chi connectivity index (χ2n) is 3.80. The Labute approximate surface area is 118 Å². The van der Waals surface area contributed by atoms with Crippen molar-refractivity contribution < 1.29 is 4.79 Å². The van der Waals surface area contributed by atoms with Crippen molar-refractivity contribution in [2.45, 2.75) is 6.92 Å². The number of carbonyl (C=O) groups excluding carboxylic acids is 1. The standard InChI is InChI=1S/C13H10BrClN2O/c1-8-2-5-12(16-7-8)17-13(18)10-4-3-9(15)6-11(10)14/h2-7H,1H3,(H,16,17,18). The second-order valence-corrected chi connectivity index (χ2v) is 5.09. The summed E-state index contributed by atoms with van der Waals surface area (Å²) in [6.07, 6.45) is 1.70. The van der Waals surface area contributed by atoms with Gasteiger partial charge in [-0.1, -0.05) is 17.7 Å². The molecule has 0 saturated carbocycles. The Morgan fingerprint density at radius 1 is 1.33 bits per heavy atom. The number of pyridine rings is 1. The predicted molar refractivity (Wildman–Crippen MR) is 76.1 cm³/mol. The van der Waals surface area contributed by atoms with Crippen LogP contribution in [0.1, 0.15) is 15.9 Å². The van der Waals surface area contributed by atoms with E-state index in [9.17, 15) is 4.79 Å². The van der Waals surface area contributed by atoms with E-state index < -0.39 is 0 Å². The van der Waals surface area contributed by atoms with Gasteiger partial charge in [-0.05, 0) is 52.7 Å². The summed E-state index contributed by atoms with van der Waals surface area (Å²) in [6, 6.07) is 8.66. The lowest BCUT2D eigenvalue weighted by Crippen LogP contribution is -2.13. The van der Waals surface area contributed by atoms with Gasteiger partial charge in [-0.3, -0.25) is 4.79 Å². The SMILES string of the molecule is Cc1ccc(NC(=O)c2ccc(Cl)cc2Br)nc1. The first-order valence-corrected chi connectivity index (χ1v) is 6.42. The monoisotopic (exact) mass is 324 g/mol. The largest absolute Gasteiger partial charge is 0.307 e. The van der Waals surface area contributed by atoms with Gasteiger partial charge in [0.05, 0.1) is 5.56 Å². The van der Waals surface area contributed by atoms with Crippen molar-refractivity contribution in [1.29, 1.82) is 0 Å². The number of rotatable bonds is 2. The van der Waals surface area contributed by atoms with Crippen molar-refractivity contribution in [3.05, 3.63) is 57.2 Å². The summed E-state index contributed by atoms with van der Waals surface area (Å²) in [5.41, 5.74) is 1.56. The third-order valence-electron chi connectivity index (χ3n) is 2.33. The van der Waals surface area contributed by atoms with E-state index in [-0.39, 0.29) is 5.91 Å². The van der Waals surface area contributed by atoms with E-state index in [4.69, 9.17) is 11.6 Å². The Balaban J connectivity index is 2.19. The molecule has 0 atom stereocenters. The number of halogens is 2. The minimum atomic E-state index is -0.227. The molecular weight excluding hydrogens is 316 g/mol. The summed E-state index contributed by atoms with van der Waals surface area (Å²) < 4.78 is 0.652. The molecule has 0 radical (unpaired) electrons. The van der Waals surface area contributed by atoms with Crippen LogP contribution in [-0.4, -0.2) is 10.9 Å². The maximum absolute atomic E-state index is 12.0. The predicted octanol–water partition coefficient (Wildman–Crippen LogP) is 4.06. The molecule has 3 nitrogen and oxygen atoms in total. The molecule has 1 aromatic heterocycles. The zero-order chi connectivity index (χ0) is 13.1. The number of aromatic nitrogens is 1. The number of benzene rings is 1. The van der Waals surface area contributed by atoms with Crippen LogP contribution in [0.2, 0.25) is 5.02 Å². The van der Waals surface area contributed by atoms with E-state index in [0.717, 1.165) is 5.56 Å². The zero-order valence-corrected chi connectivity index (χ0v) is 11.9. The molecule has 1 aromatic carbocycles. The molecule has 2 aromatic rings. The first-order chi connectivity index (χ1) is 8.56. The molecule has 1 heterocycles. The molecule has 0 fully saturated rings. The average molecular weight is 326 g/mol. The van der Waals surface area contributed by atoms with Gasteiger partial charge in [0.1, 0.15) is 5.82 Å². The molecule has 92 valence electrons. The minimum Gasteiger partial charge on any atom is -0.307 e. The lowest BCUT2D eigenvalue weighted by molar-refractivity contribution is 0.102. The summed E-state index contributed by atoms with van der Waals surface area (Å²) in [6.45, 7) is 1.94. The normalized spacial score (nSPS) is 10.2. The Kier molecular flexibility index (Phi) is 3.99. The summed E-state index contributed by atoms with van der Waals surface area (Å²) in [5.74, 6) is 0.294. The Morgan fingerprint density at radius 3 is 2.72 bits per heavy atom. The quantitative estimate of drug-likeness (QED) is 0.905. The van der Waals surface area contributed by atoms with Crippen LogP contribution in [0.4, 0.5) is 5.82 Å². The molecule has 0 bridgehead atoms. The molecule has 5 heteroatoms. The van der Waals surface area contributed by atoms with E-state index in [1.54, 1.807) is 30.5 Å². The van der Waals surface area contributed by atoms with Gasteiger partial charge in [0.15, 0.2) is 0 Å². The Morgan fingerprint density at radius 2 is 2.11 bits per heavy atom. The minimum absolute atomic E-state index is 0.227. The summed E-state index contributed by atoms with van der Waals surface area (Å²) in [4.78, 5) is 16.1. The van der Waals surface area contributed by atoms with Crippen molar-refractivity contribution in [2.75, 3.05) is 5.32 Å². The average Bonchev–Trinajstić information content (AvgIpc) is 2.32. The van der Waals surface area contributed by atoms with Gasteiger partial charge in [0.2, 0.25) is 0 Å². The molecule has 1 N–H and O–H groups in total. The van der Waals surface area contributed by atoms with Crippen molar-refractivity contribution >= 4 is 39.3 Å². The first-order valence-electron chi connectivity index (χ1n) is 5.25. The number of nitrogens with zero attached hydrogens (tertiary/aromatic N) is 1. The molecular formula is C13H10BrClN2O. The number of hydrogen-bond acceptors (Lipinski definition) is 2. The molecule has 1 amide bonds. The lowest BCUT2D eigenvalue weighted by Gasteiger charge is -2.06. The molecule has 0 aliphatic rings. The maximum atomic E-state index is 12.0. The number of anilines is 1. The molecule has 0 aliphatic carbocycles. The maximum Gasteiger partial charge on any atom is 0.257 e. The highest BCUT2D eigenvalue weighted by atomic mass is 79.9. The van der Waals surface area contributed by atoms with Gasteiger partial charge in [-0.2, -0.15) is 0 Å². The second kappa shape index (κ2) is 5.50. The van der Waals surface area contributed by atoms with Gasteiger partial charge in [-0.25, -0.2) is 4.98 Å². The van der Waals surface area contributed by atoms with Crippen LogP contribution in [0.15, 0.2) is 41.0 Å². The number of aryl methyl sites for hydroxylation is 1. The number of amides is 1. The van der Waals surface area contributed by atoms with Crippen LogP contribution in [0.5, 0.6) is 0 Å². The summed E-state index contributed by atoms with van der Waals surface area (Å²) in [5, 5.41) is 3.30. The molecule has 0 spiro atoms. The highest BCUT2D eigenvalue weighted by Gasteiger charge is 2.10. The van der Waals surface area contributed by atoms with Gasteiger partial charge in [0.25, 0.3) is 5.91 Å². The molecule has 0 aliphatic heterocycles. The third-order valence-corrected chi connectivity index (χ3v) is 3.22. The smallest absolute Gasteiger partial charge is 0.257 e. The van der Waals surface area contributed by atoms with E-state index in [2.05, 4.69) is 26.2 Å². The van der Waals surface area contributed by atoms with Crippen molar-refractivity contribution in [1.82, 2.24) is 4.98 Å². The fourth-order valence-electron chi connectivity index (χ4n) is 1.40.